The number of aliphatic hydroxyl groups is 2. The van der Waals surface area contributed by atoms with Gasteiger partial charge < -0.3 is 24.6 Å². The van der Waals surface area contributed by atoms with Gasteiger partial charge in [-0.2, -0.15) is 0 Å². The summed E-state index contributed by atoms with van der Waals surface area (Å²) in [6.07, 6.45) is -9.19. The largest absolute Gasteiger partial charge is 0.573 e. The first kappa shape index (κ1) is 24.0. The lowest BCUT2D eigenvalue weighted by Gasteiger charge is -2.28. The van der Waals surface area contributed by atoms with E-state index in [1.54, 1.807) is 0 Å². The van der Waals surface area contributed by atoms with Gasteiger partial charge in [-0.05, 0) is 45.0 Å². The van der Waals surface area contributed by atoms with Gasteiger partial charge in [0.25, 0.3) is 5.91 Å². The zero-order valence-corrected chi connectivity index (χ0v) is 16.1. The molecule has 1 rings (SSSR count). The van der Waals surface area contributed by atoms with Crippen molar-refractivity contribution in [2.24, 2.45) is 0 Å². The summed E-state index contributed by atoms with van der Waals surface area (Å²) in [4.78, 5) is 25.3. The maximum Gasteiger partial charge on any atom is 0.573 e. The Bertz CT molecular complexity index is 675. The van der Waals surface area contributed by atoms with E-state index in [0.29, 0.717) is 0 Å². The van der Waals surface area contributed by atoms with Crippen LogP contribution >= 0.6 is 11.6 Å². The molecule has 0 bridgehead atoms. The Labute approximate surface area is 164 Å². The number of amides is 1. The van der Waals surface area contributed by atoms with Gasteiger partial charge in [-0.1, -0.05) is 0 Å². The Morgan fingerprint density at radius 1 is 1.11 bits per heavy atom. The quantitative estimate of drug-likeness (QED) is 0.511. The van der Waals surface area contributed by atoms with Gasteiger partial charge in [0.2, 0.25) is 0 Å². The second kappa shape index (κ2) is 9.44. The molecule has 0 saturated carbocycles. The van der Waals surface area contributed by atoms with Crippen molar-refractivity contribution in [3.8, 4) is 5.75 Å². The minimum absolute atomic E-state index is 0.0793. The molecular formula is C17H21ClF3NO6. The summed E-state index contributed by atoms with van der Waals surface area (Å²) in [5.74, 6) is -2.87. The smallest absolute Gasteiger partial charge is 0.458 e. The molecule has 0 aliphatic carbocycles. The van der Waals surface area contributed by atoms with E-state index in [9.17, 15) is 33.0 Å². The van der Waals surface area contributed by atoms with Gasteiger partial charge in [0.15, 0.2) is 12.2 Å². The Morgan fingerprint density at radius 2 is 1.64 bits per heavy atom. The van der Waals surface area contributed by atoms with E-state index in [0.717, 1.165) is 29.2 Å². The maximum absolute atomic E-state index is 12.5. The molecule has 0 spiro atoms. The molecule has 2 atom stereocenters. The lowest BCUT2D eigenvalue weighted by Crippen LogP contribution is -2.49. The summed E-state index contributed by atoms with van der Waals surface area (Å²) in [5.41, 5.74) is -0.874. The highest BCUT2D eigenvalue weighted by atomic mass is 35.5. The van der Waals surface area contributed by atoms with Crippen molar-refractivity contribution in [3.63, 3.8) is 0 Å². The number of aliphatic hydroxyl groups excluding tert-OH is 2. The van der Waals surface area contributed by atoms with Crippen LogP contribution in [0.1, 0.15) is 20.8 Å². The molecule has 0 aliphatic heterocycles. The first-order chi connectivity index (χ1) is 12.7. The van der Waals surface area contributed by atoms with Gasteiger partial charge >= 0.3 is 12.3 Å². The van der Waals surface area contributed by atoms with E-state index in [2.05, 4.69) is 4.74 Å². The molecule has 0 aromatic heterocycles. The molecule has 0 aliphatic rings. The number of hydrogen-bond donors (Lipinski definition) is 2. The Kier molecular flexibility index (Phi) is 8.09. The average Bonchev–Trinajstić information content (AvgIpc) is 2.55. The lowest BCUT2D eigenvalue weighted by atomic mass is 10.1. The van der Waals surface area contributed by atoms with E-state index >= 15 is 0 Å². The number of benzene rings is 1. The van der Waals surface area contributed by atoms with Crippen LogP contribution in [0.5, 0.6) is 5.75 Å². The summed E-state index contributed by atoms with van der Waals surface area (Å²) in [6, 6.07) is 4.21. The number of ether oxygens (including phenoxy) is 2. The molecule has 0 unspecified atom stereocenters. The summed E-state index contributed by atoms with van der Waals surface area (Å²) in [7, 11) is 0. The van der Waals surface area contributed by atoms with Crippen molar-refractivity contribution in [3.05, 3.63) is 24.3 Å². The van der Waals surface area contributed by atoms with Gasteiger partial charge in [0.1, 0.15) is 11.4 Å². The fourth-order valence-corrected chi connectivity index (χ4v) is 2.23. The number of anilines is 1. The molecule has 28 heavy (non-hydrogen) atoms. The molecule has 0 fully saturated rings. The molecule has 1 aromatic rings. The molecule has 0 heterocycles. The maximum atomic E-state index is 12.5. The topological polar surface area (TPSA) is 96.3 Å². The average molecular weight is 428 g/mol. The van der Waals surface area contributed by atoms with Crippen molar-refractivity contribution >= 4 is 29.2 Å². The number of halogens is 4. The lowest BCUT2D eigenvalue weighted by molar-refractivity contribution is -0.274. The predicted molar refractivity (Wildman–Crippen MR) is 94.1 cm³/mol. The number of alkyl halides is 4. The molecule has 11 heteroatoms. The fourth-order valence-electron chi connectivity index (χ4n) is 2.06. The highest BCUT2D eigenvalue weighted by molar-refractivity contribution is 6.18. The van der Waals surface area contributed by atoms with Crippen molar-refractivity contribution in [2.75, 3.05) is 17.3 Å². The van der Waals surface area contributed by atoms with Crippen LogP contribution in [0, 0.1) is 0 Å². The van der Waals surface area contributed by atoms with E-state index in [1.807, 2.05) is 0 Å². The third-order valence-corrected chi connectivity index (χ3v) is 3.33. The minimum atomic E-state index is -4.87. The van der Waals surface area contributed by atoms with E-state index in [-0.39, 0.29) is 18.1 Å². The van der Waals surface area contributed by atoms with Gasteiger partial charge in [0.05, 0.1) is 0 Å². The number of esters is 1. The normalized spacial score (nSPS) is 14.2. The zero-order chi connectivity index (χ0) is 21.7. The van der Waals surface area contributed by atoms with Crippen LogP contribution in [0.4, 0.5) is 18.9 Å². The Morgan fingerprint density at radius 3 is 2.07 bits per heavy atom. The van der Waals surface area contributed by atoms with E-state index < -0.39 is 41.8 Å². The third-order valence-electron chi connectivity index (χ3n) is 3.16. The monoisotopic (exact) mass is 427 g/mol. The standard InChI is InChI=1S/C17H21ClF3NO6/c1-16(2,3)28-15(26)13(24)12(23)14(25)22(9-8-18)10-4-6-11(7-5-10)27-17(19,20)21/h4-7,12-13,23-24H,8-9H2,1-3H3/t12-,13-/m1/s1. The van der Waals surface area contributed by atoms with Crippen molar-refractivity contribution in [1.82, 2.24) is 0 Å². The van der Waals surface area contributed by atoms with E-state index in [1.165, 1.54) is 20.8 Å². The molecule has 2 N–H and O–H groups in total. The van der Waals surface area contributed by atoms with Crippen LogP contribution in [0.2, 0.25) is 0 Å². The molecular weight excluding hydrogens is 407 g/mol. The minimum Gasteiger partial charge on any atom is -0.458 e. The van der Waals surface area contributed by atoms with Crippen LogP contribution in [0.3, 0.4) is 0 Å². The van der Waals surface area contributed by atoms with Crippen molar-refractivity contribution in [2.45, 2.75) is 44.9 Å². The third kappa shape index (κ3) is 7.53. The van der Waals surface area contributed by atoms with Gasteiger partial charge in [-0.15, -0.1) is 24.8 Å². The number of rotatable bonds is 7. The number of hydrogen-bond acceptors (Lipinski definition) is 6. The van der Waals surface area contributed by atoms with Crippen LogP contribution in [-0.4, -0.2) is 58.7 Å². The molecule has 158 valence electrons. The second-order valence-electron chi connectivity index (χ2n) is 6.64. The first-order valence-electron chi connectivity index (χ1n) is 8.07. The SMILES string of the molecule is CC(C)(C)OC(=O)[C@H](O)[C@@H](O)C(=O)N(CCCl)c1ccc(OC(F)(F)F)cc1. The summed E-state index contributed by atoms with van der Waals surface area (Å²) >= 11 is 5.64. The first-order valence-corrected chi connectivity index (χ1v) is 8.61. The fraction of sp³-hybridized carbons (Fsp3) is 0.529. The van der Waals surface area contributed by atoms with Crippen LogP contribution in [0.25, 0.3) is 0 Å². The Balaban J connectivity index is 2.97. The van der Waals surface area contributed by atoms with Gasteiger partial charge in [0, 0.05) is 18.1 Å². The van der Waals surface area contributed by atoms with Gasteiger partial charge in [-0.25, -0.2) is 4.79 Å². The zero-order valence-electron chi connectivity index (χ0n) is 15.4. The van der Waals surface area contributed by atoms with Crippen molar-refractivity contribution in [1.29, 1.82) is 0 Å². The van der Waals surface area contributed by atoms with Gasteiger partial charge in [-0.3, -0.25) is 4.79 Å². The Hall–Kier alpha value is -2.04. The summed E-state index contributed by atoms with van der Waals surface area (Å²) in [6.45, 7) is 4.47. The van der Waals surface area contributed by atoms with E-state index in [4.69, 9.17) is 16.3 Å². The molecule has 0 radical (unpaired) electrons. The highest BCUT2D eigenvalue weighted by Crippen LogP contribution is 2.26. The summed E-state index contributed by atoms with van der Waals surface area (Å²) in [5, 5.41) is 20.0. The number of carbonyl (C=O) groups is 2. The van der Waals surface area contributed by atoms with Crippen LogP contribution in [-0.2, 0) is 14.3 Å². The molecule has 1 amide bonds. The van der Waals surface area contributed by atoms with Crippen LogP contribution < -0.4 is 9.64 Å². The molecule has 0 saturated heterocycles. The number of nitrogens with zero attached hydrogens (tertiary/aromatic N) is 1. The molecule has 7 nitrogen and oxygen atoms in total. The molecule has 1 aromatic carbocycles. The van der Waals surface area contributed by atoms with Crippen molar-refractivity contribution < 1.29 is 42.4 Å². The number of carbonyl (C=O) groups excluding carboxylic acids is 2. The van der Waals surface area contributed by atoms with Crippen LogP contribution in [0.15, 0.2) is 24.3 Å². The second-order valence-corrected chi connectivity index (χ2v) is 7.02. The highest BCUT2D eigenvalue weighted by Gasteiger charge is 2.36. The summed E-state index contributed by atoms with van der Waals surface area (Å²) < 4.78 is 45.3. The predicted octanol–water partition coefficient (Wildman–Crippen LogP) is 2.22.